The Morgan fingerprint density at radius 2 is 2.17 bits per heavy atom. The first-order valence-electron chi connectivity index (χ1n) is 5.23. The number of amides is 1. The zero-order chi connectivity index (χ0) is 12.8. The van der Waals surface area contributed by atoms with E-state index in [0.717, 1.165) is 5.56 Å². The lowest BCUT2D eigenvalue weighted by Gasteiger charge is -2.09. The van der Waals surface area contributed by atoms with Gasteiger partial charge in [0.2, 0.25) is 12.4 Å². The summed E-state index contributed by atoms with van der Waals surface area (Å²) in [7, 11) is 0. The van der Waals surface area contributed by atoms with E-state index in [4.69, 9.17) is 12.2 Å². The highest BCUT2D eigenvalue weighted by molar-refractivity contribution is 7.80. The maximum Gasteiger partial charge on any atom is 0.234 e. The first-order chi connectivity index (χ1) is 8.81. The van der Waals surface area contributed by atoms with Gasteiger partial charge < -0.3 is 5.32 Å². The van der Waals surface area contributed by atoms with Crippen molar-refractivity contribution in [1.82, 2.24) is 20.1 Å². The van der Waals surface area contributed by atoms with Crippen LogP contribution in [0.15, 0.2) is 36.7 Å². The maximum atomic E-state index is 10.4. The van der Waals surface area contributed by atoms with E-state index in [2.05, 4.69) is 20.7 Å². The highest BCUT2D eigenvalue weighted by atomic mass is 32.1. The highest BCUT2D eigenvalue weighted by Gasteiger charge is 2.07. The summed E-state index contributed by atoms with van der Waals surface area (Å²) in [4.78, 5) is 14.2. The van der Waals surface area contributed by atoms with Crippen molar-refractivity contribution in [3.63, 3.8) is 0 Å². The predicted octanol–water partition coefficient (Wildman–Crippen LogP) is 0.769. The molecule has 0 saturated heterocycles. The monoisotopic (exact) mass is 261 g/mol. The van der Waals surface area contributed by atoms with Crippen LogP contribution in [0.2, 0.25) is 0 Å². The molecule has 1 heterocycles. The zero-order valence-electron chi connectivity index (χ0n) is 9.41. The molecule has 0 bridgehead atoms. The Labute approximate surface area is 109 Å². The van der Waals surface area contributed by atoms with Gasteiger partial charge in [-0.25, -0.2) is 0 Å². The van der Waals surface area contributed by atoms with Gasteiger partial charge in [0.05, 0.1) is 0 Å². The standard InChI is InChI=1S/C11H11N5OS/c17-8-14-10-13-7-15-16(10)11(18)12-6-9-4-2-1-3-5-9/h1-5,7-8H,6H2,(H,12,18)(H,13,14,15,17). The number of rotatable bonds is 4. The molecule has 0 aliphatic carbocycles. The molecule has 1 aromatic heterocycles. The molecule has 6 nitrogen and oxygen atoms in total. The van der Waals surface area contributed by atoms with E-state index in [1.165, 1.54) is 11.0 Å². The van der Waals surface area contributed by atoms with Gasteiger partial charge in [-0.2, -0.15) is 14.8 Å². The van der Waals surface area contributed by atoms with E-state index in [0.29, 0.717) is 18.1 Å². The molecule has 0 saturated carbocycles. The number of nitrogens with zero attached hydrogens (tertiary/aromatic N) is 3. The first-order valence-corrected chi connectivity index (χ1v) is 5.64. The van der Waals surface area contributed by atoms with Crippen molar-refractivity contribution < 1.29 is 4.79 Å². The van der Waals surface area contributed by atoms with Gasteiger partial charge in [-0.05, 0) is 17.8 Å². The third-order valence-electron chi connectivity index (χ3n) is 2.21. The number of hydrogen-bond acceptors (Lipinski definition) is 4. The topological polar surface area (TPSA) is 71.8 Å². The molecule has 0 aliphatic heterocycles. The van der Waals surface area contributed by atoms with Crippen molar-refractivity contribution in [2.45, 2.75) is 6.54 Å². The molecule has 92 valence electrons. The maximum absolute atomic E-state index is 10.4. The minimum absolute atomic E-state index is 0.288. The fraction of sp³-hybridized carbons (Fsp3) is 0.0909. The third-order valence-corrected chi connectivity index (χ3v) is 2.53. The summed E-state index contributed by atoms with van der Waals surface area (Å²) >= 11 is 5.17. The SMILES string of the molecule is O=CNc1ncnn1C(=S)NCc1ccccc1. The van der Waals surface area contributed by atoms with Gasteiger partial charge in [0.25, 0.3) is 0 Å². The van der Waals surface area contributed by atoms with Crippen molar-refractivity contribution in [3.05, 3.63) is 42.2 Å². The summed E-state index contributed by atoms with van der Waals surface area (Å²) in [6, 6.07) is 9.83. The Balaban J connectivity index is 1.99. The summed E-state index contributed by atoms with van der Waals surface area (Å²) in [5, 5.41) is 9.76. The molecule has 0 fully saturated rings. The molecule has 7 heteroatoms. The van der Waals surface area contributed by atoms with Gasteiger partial charge in [0.15, 0.2) is 5.11 Å². The van der Waals surface area contributed by atoms with Crippen LogP contribution in [0.25, 0.3) is 0 Å². The molecule has 0 aliphatic rings. The largest absolute Gasteiger partial charge is 0.357 e. The molecule has 2 aromatic rings. The van der Waals surface area contributed by atoms with Crippen molar-refractivity contribution in [2.75, 3.05) is 5.32 Å². The van der Waals surface area contributed by atoms with Gasteiger partial charge >= 0.3 is 0 Å². The second kappa shape index (κ2) is 5.87. The number of carbonyl (C=O) groups is 1. The lowest BCUT2D eigenvalue weighted by Crippen LogP contribution is -2.29. The van der Waals surface area contributed by atoms with E-state index in [-0.39, 0.29) is 5.95 Å². The van der Waals surface area contributed by atoms with E-state index in [1.807, 2.05) is 30.3 Å². The zero-order valence-corrected chi connectivity index (χ0v) is 10.2. The van der Waals surface area contributed by atoms with Gasteiger partial charge in [0, 0.05) is 6.54 Å². The smallest absolute Gasteiger partial charge is 0.234 e. The van der Waals surface area contributed by atoms with Crippen molar-refractivity contribution >= 4 is 29.7 Å². The summed E-state index contributed by atoms with van der Waals surface area (Å²) in [5.74, 6) is 0.288. The summed E-state index contributed by atoms with van der Waals surface area (Å²) in [5.41, 5.74) is 1.10. The molecule has 2 N–H and O–H groups in total. The lowest BCUT2D eigenvalue weighted by atomic mass is 10.2. The molecule has 0 unspecified atom stereocenters. The van der Waals surface area contributed by atoms with Crippen LogP contribution < -0.4 is 10.6 Å². The number of anilines is 1. The second-order valence-corrected chi connectivity index (χ2v) is 3.79. The van der Waals surface area contributed by atoms with Crippen LogP contribution in [-0.2, 0) is 11.3 Å². The lowest BCUT2D eigenvalue weighted by molar-refractivity contribution is -0.105. The highest BCUT2D eigenvalue weighted by Crippen LogP contribution is 2.01. The Morgan fingerprint density at radius 3 is 2.89 bits per heavy atom. The quantitative estimate of drug-likeness (QED) is 0.628. The van der Waals surface area contributed by atoms with E-state index in [1.54, 1.807) is 0 Å². The predicted molar refractivity (Wildman–Crippen MR) is 71.0 cm³/mol. The third kappa shape index (κ3) is 2.89. The average Bonchev–Trinajstić information content (AvgIpc) is 2.86. The number of benzene rings is 1. The van der Waals surface area contributed by atoms with Gasteiger partial charge in [0.1, 0.15) is 6.33 Å². The van der Waals surface area contributed by atoms with E-state index < -0.39 is 0 Å². The minimum atomic E-state index is 0.288. The Hall–Kier alpha value is -2.28. The average molecular weight is 261 g/mol. The fourth-order valence-corrected chi connectivity index (χ4v) is 1.60. The summed E-state index contributed by atoms with van der Waals surface area (Å²) in [6.07, 6.45) is 1.85. The molecule has 1 aromatic carbocycles. The number of nitrogens with one attached hydrogen (secondary N) is 2. The van der Waals surface area contributed by atoms with Crippen LogP contribution in [0.1, 0.15) is 5.56 Å². The van der Waals surface area contributed by atoms with Crippen LogP contribution in [0.3, 0.4) is 0 Å². The number of thiocarbonyl (C=S) groups is 1. The molecule has 0 radical (unpaired) electrons. The summed E-state index contributed by atoms with van der Waals surface area (Å²) in [6.45, 7) is 0.583. The molecule has 0 atom stereocenters. The number of hydrogen-bond donors (Lipinski definition) is 2. The fourth-order valence-electron chi connectivity index (χ4n) is 1.39. The second-order valence-electron chi connectivity index (χ2n) is 3.40. The van der Waals surface area contributed by atoms with Gasteiger partial charge in [-0.15, -0.1) is 0 Å². The number of carbonyl (C=O) groups excluding carboxylic acids is 1. The normalized spacial score (nSPS) is 9.78. The molecule has 18 heavy (non-hydrogen) atoms. The van der Waals surface area contributed by atoms with Crippen LogP contribution in [-0.4, -0.2) is 26.3 Å². The van der Waals surface area contributed by atoms with Crippen LogP contribution in [0.5, 0.6) is 0 Å². The Morgan fingerprint density at radius 1 is 1.39 bits per heavy atom. The molecule has 0 spiro atoms. The summed E-state index contributed by atoms with van der Waals surface area (Å²) < 4.78 is 1.35. The first kappa shape index (κ1) is 12.2. The van der Waals surface area contributed by atoms with Crippen LogP contribution in [0, 0.1) is 0 Å². The van der Waals surface area contributed by atoms with Crippen molar-refractivity contribution in [1.29, 1.82) is 0 Å². The van der Waals surface area contributed by atoms with E-state index in [9.17, 15) is 4.79 Å². The molecular weight excluding hydrogens is 250 g/mol. The molecular formula is C11H11N5OS. The molecule has 2 rings (SSSR count). The van der Waals surface area contributed by atoms with Crippen LogP contribution in [0.4, 0.5) is 5.95 Å². The van der Waals surface area contributed by atoms with Gasteiger partial charge in [-0.1, -0.05) is 30.3 Å². The van der Waals surface area contributed by atoms with Gasteiger partial charge in [-0.3, -0.25) is 10.1 Å². The van der Waals surface area contributed by atoms with Crippen molar-refractivity contribution in [2.24, 2.45) is 0 Å². The molecule has 1 amide bonds. The van der Waals surface area contributed by atoms with Crippen molar-refractivity contribution in [3.8, 4) is 0 Å². The number of aromatic nitrogens is 3. The minimum Gasteiger partial charge on any atom is -0.357 e. The van der Waals surface area contributed by atoms with Crippen LogP contribution >= 0.6 is 12.2 Å². The Bertz CT molecular complexity index is 539. The Kier molecular flexibility index (Phi) is 3.98. The van der Waals surface area contributed by atoms with E-state index >= 15 is 0 Å².